The van der Waals surface area contributed by atoms with Crippen LogP contribution < -0.4 is 4.90 Å². The Bertz CT molecular complexity index is 1140. The van der Waals surface area contributed by atoms with Crippen LogP contribution in [-0.2, 0) is 16.6 Å². The molecule has 1 aromatic carbocycles. The molecular formula is C21H20ClN3O3. The standard InChI is InChI=1S/C21H20ClN3O3/c1-13-11-16(20-23-7-9-24(20)2)19-18(25(21(13)26)8-4-10-27-3)15-12-14(22)5-6-17(15)28-19/h5-7,9,12H,4,8,10H2,1-3H3. The van der Waals surface area contributed by atoms with E-state index >= 15 is 0 Å². The maximum absolute atomic E-state index is 13.2. The first-order valence-electron chi connectivity index (χ1n) is 8.99. The number of halogens is 1. The van der Waals surface area contributed by atoms with Crippen LogP contribution in [0.2, 0.25) is 5.02 Å². The Kier molecular flexibility index (Phi) is 4.85. The number of ether oxygens (including phenoxy) is 1. The number of amides is 1. The first-order chi connectivity index (χ1) is 13.5. The molecule has 4 rings (SSSR count). The number of imidazole rings is 1. The number of nitrogens with zero attached hydrogens (tertiary/aromatic N) is 3. The van der Waals surface area contributed by atoms with Gasteiger partial charge in [-0.05, 0) is 31.5 Å². The van der Waals surface area contributed by atoms with Crippen molar-refractivity contribution >= 4 is 39.7 Å². The molecule has 0 spiro atoms. The number of hydrogen-bond donors (Lipinski definition) is 0. The molecule has 0 bridgehead atoms. The second kappa shape index (κ2) is 7.32. The fraction of sp³-hybridized carbons (Fsp3) is 0.286. The van der Waals surface area contributed by atoms with E-state index in [1.165, 1.54) is 0 Å². The Balaban J connectivity index is 2.00. The van der Waals surface area contributed by atoms with Gasteiger partial charge in [0, 0.05) is 50.1 Å². The van der Waals surface area contributed by atoms with Crippen molar-refractivity contribution < 1.29 is 13.9 Å². The van der Waals surface area contributed by atoms with Crippen molar-refractivity contribution in [3.8, 4) is 0 Å². The first-order valence-corrected chi connectivity index (χ1v) is 9.37. The van der Waals surface area contributed by atoms with Gasteiger partial charge < -0.3 is 18.6 Å². The molecule has 3 aromatic rings. The van der Waals surface area contributed by atoms with E-state index in [4.69, 9.17) is 20.8 Å². The number of rotatable bonds is 5. The van der Waals surface area contributed by atoms with Crippen LogP contribution in [0.15, 0.2) is 46.3 Å². The number of carbonyl (C=O) groups is 1. The molecule has 0 aliphatic carbocycles. The van der Waals surface area contributed by atoms with E-state index in [-0.39, 0.29) is 5.91 Å². The molecular weight excluding hydrogens is 378 g/mol. The molecule has 6 nitrogen and oxygen atoms in total. The van der Waals surface area contributed by atoms with Gasteiger partial charge in [0.2, 0.25) is 0 Å². The van der Waals surface area contributed by atoms with E-state index in [0.29, 0.717) is 58.6 Å². The van der Waals surface area contributed by atoms with Crippen LogP contribution in [0, 0.1) is 0 Å². The average molecular weight is 398 g/mol. The van der Waals surface area contributed by atoms with E-state index < -0.39 is 0 Å². The summed E-state index contributed by atoms with van der Waals surface area (Å²) in [5, 5.41) is 1.37. The minimum atomic E-state index is -0.121. The van der Waals surface area contributed by atoms with E-state index in [9.17, 15) is 4.79 Å². The summed E-state index contributed by atoms with van der Waals surface area (Å²) >= 11 is 6.25. The summed E-state index contributed by atoms with van der Waals surface area (Å²) in [6.45, 7) is 2.81. The van der Waals surface area contributed by atoms with E-state index in [1.54, 1.807) is 31.2 Å². The van der Waals surface area contributed by atoms with Crippen LogP contribution in [0.4, 0.5) is 5.69 Å². The second-order valence-electron chi connectivity index (χ2n) is 6.71. The number of aromatic nitrogens is 2. The third-order valence-corrected chi connectivity index (χ3v) is 5.01. The molecule has 0 radical (unpaired) electrons. The lowest BCUT2D eigenvalue weighted by Gasteiger charge is -2.21. The van der Waals surface area contributed by atoms with Crippen LogP contribution in [0.3, 0.4) is 0 Å². The molecule has 28 heavy (non-hydrogen) atoms. The van der Waals surface area contributed by atoms with Crippen LogP contribution in [0.25, 0.3) is 16.5 Å². The Morgan fingerprint density at radius 3 is 2.89 bits per heavy atom. The topological polar surface area (TPSA) is 60.5 Å². The van der Waals surface area contributed by atoms with Gasteiger partial charge in [0.25, 0.3) is 5.91 Å². The number of anilines is 1. The Hall–Kier alpha value is -2.79. The normalized spacial score (nSPS) is 14.1. The summed E-state index contributed by atoms with van der Waals surface area (Å²) in [7, 11) is 3.54. The Labute approximate surface area is 167 Å². The van der Waals surface area contributed by atoms with E-state index in [2.05, 4.69) is 10.7 Å². The number of benzene rings is 1. The highest BCUT2D eigenvalue weighted by atomic mass is 35.5. The van der Waals surface area contributed by atoms with Gasteiger partial charge in [0.1, 0.15) is 11.2 Å². The lowest BCUT2D eigenvalue weighted by atomic mass is 10.1. The molecule has 144 valence electrons. The largest absolute Gasteiger partial charge is 0.453 e. The zero-order valence-corrected chi connectivity index (χ0v) is 16.7. The van der Waals surface area contributed by atoms with Gasteiger partial charge in [0.05, 0.1) is 11.3 Å². The third kappa shape index (κ3) is 3.06. The number of aryl methyl sites for hydroxylation is 1. The maximum Gasteiger partial charge on any atom is 0.261 e. The summed E-state index contributed by atoms with van der Waals surface area (Å²) in [4.78, 5) is 19.4. The smallest absolute Gasteiger partial charge is 0.261 e. The fourth-order valence-electron chi connectivity index (χ4n) is 3.44. The third-order valence-electron chi connectivity index (χ3n) is 4.77. The van der Waals surface area contributed by atoms with Gasteiger partial charge in [-0.1, -0.05) is 17.3 Å². The number of furan rings is 1. The van der Waals surface area contributed by atoms with Gasteiger partial charge >= 0.3 is 0 Å². The van der Waals surface area contributed by atoms with Gasteiger partial charge in [0.15, 0.2) is 11.6 Å². The first kappa shape index (κ1) is 18.6. The summed E-state index contributed by atoms with van der Waals surface area (Å²) in [5.41, 5.74) is 5.72. The minimum absolute atomic E-state index is 0.121. The Morgan fingerprint density at radius 2 is 2.18 bits per heavy atom. The van der Waals surface area contributed by atoms with E-state index in [0.717, 1.165) is 5.39 Å². The molecule has 0 saturated heterocycles. The summed E-state index contributed by atoms with van der Waals surface area (Å²) < 4.78 is 13.3. The van der Waals surface area contributed by atoms with Crippen molar-refractivity contribution in [2.45, 2.75) is 13.3 Å². The predicted octanol–water partition coefficient (Wildman–Crippen LogP) is 4.18. The number of fused-ring (bicyclic) bond motifs is 3. The zero-order chi connectivity index (χ0) is 19.8. The summed E-state index contributed by atoms with van der Waals surface area (Å²) in [5.74, 6) is 1.12. The molecule has 3 heterocycles. The molecule has 1 aliphatic rings. The monoisotopic (exact) mass is 397 g/mol. The maximum atomic E-state index is 13.2. The van der Waals surface area contributed by atoms with Crippen molar-refractivity contribution in [2.24, 2.45) is 7.05 Å². The Morgan fingerprint density at radius 1 is 1.36 bits per heavy atom. The van der Waals surface area contributed by atoms with Crippen LogP contribution in [0.5, 0.6) is 0 Å². The minimum Gasteiger partial charge on any atom is -0.453 e. The van der Waals surface area contributed by atoms with E-state index in [1.807, 2.05) is 29.9 Å². The number of methoxy groups -OCH3 is 1. The molecule has 0 fully saturated rings. The lowest BCUT2D eigenvalue weighted by Crippen LogP contribution is -2.32. The molecule has 1 amide bonds. The summed E-state index contributed by atoms with van der Waals surface area (Å²) in [6, 6.07) is 5.41. The quantitative estimate of drug-likeness (QED) is 0.478. The van der Waals surface area contributed by atoms with Gasteiger partial charge in [-0.3, -0.25) is 4.79 Å². The number of carbonyl (C=O) groups excluding carboxylic acids is 1. The van der Waals surface area contributed by atoms with Crippen molar-refractivity contribution in [3.63, 3.8) is 0 Å². The highest BCUT2D eigenvalue weighted by Crippen LogP contribution is 2.42. The van der Waals surface area contributed by atoms with Crippen molar-refractivity contribution in [2.75, 3.05) is 25.2 Å². The molecule has 7 heteroatoms. The average Bonchev–Trinajstić information content (AvgIpc) is 3.23. The van der Waals surface area contributed by atoms with Gasteiger partial charge in [-0.2, -0.15) is 0 Å². The molecule has 0 N–H and O–H groups in total. The molecule has 0 saturated carbocycles. The number of hydrogen-bond acceptors (Lipinski definition) is 4. The second-order valence-corrected chi connectivity index (χ2v) is 7.15. The zero-order valence-electron chi connectivity index (χ0n) is 16.0. The molecule has 1 aliphatic heterocycles. The molecule has 0 atom stereocenters. The molecule has 0 unspecified atom stereocenters. The van der Waals surface area contributed by atoms with Crippen molar-refractivity contribution in [1.29, 1.82) is 0 Å². The highest BCUT2D eigenvalue weighted by Gasteiger charge is 2.31. The van der Waals surface area contributed by atoms with Crippen LogP contribution in [0.1, 0.15) is 24.9 Å². The van der Waals surface area contributed by atoms with Gasteiger partial charge in [-0.25, -0.2) is 4.98 Å². The highest BCUT2D eigenvalue weighted by molar-refractivity contribution is 6.31. The van der Waals surface area contributed by atoms with Crippen LogP contribution in [-0.4, -0.2) is 35.7 Å². The molecule has 2 aromatic heterocycles. The SMILES string of the molecule is COCCCN1C(=O)C(C)=C=C(c2nccn2C)c2oc3ccc(Cl)cc3c21. The van der Waals surface area contributed by atoms with Crippen LogP contribution >= 0.6 is 11.6 Å². The van der Waals surface area contributed by atoms with Gasteiger partial charge in [-0.15, -0.1) is 0 Å². The predicted molar refractivity (Wildman–Crippen MR) is 108 cm³/mol. The lowest BCUT2D eigenvalue weighted by molar-refractivity contribution is -0.115. The fourth-order valence-corrected chi connectivity index (χ4v) is 3.61. The van der Waals surface area contributed by atoms with Crippen molar-refractivity contribution in [3.05, 3.63) is 58.5 Å². The van der Waals surface area contributed by atoms with Crippen molar-refractivity contribution in [1.82, 2.24) is 9.55 Å². The summed E-state index contributed by atoms with van der Waals surface area (Å²) in [6.07, 6.45) is 4.25.